The lowest BCUT2D eigenvalue weighted by molar-refractivity contribution is -0.122. The van der Waals surface area contributed by atoms with E-state index in [1.807, 2.05) is 59.6 Å². The van der Waals surface area contributed by atoms with E-state index in [-0.39, 0.29) is 11.8 Å². The summed E-state index contributed by atoms with van der Waals surface area (Å²) >= 11 is 0. The normalized spacial score (nSPS) is 16.0. The molecule has 1 aliphatic carbocycles. The second-order valence-corrected chi connectivity index (χ2v) is 9.15. The number of carbonyl (C=O) groups excluding carboxylic acids is 2. The van der Waals surface area contributed by atoms with Gasteiger partial charge in [0, 0.05) is 44.0 Å². The number of hydrogen-bond acceptors (Lipinski definition) is 6. The van der Waals surface area contributed by atoms with Crippen molar-refractivity contribution in [1.82, 2.24) is 24.9 Å². The topological polar surface area (TPSA) is 88.9 Å². The number of rotatable bonds is 8. The molecule has 9 nitrogen and oxygen atoms in total. The molecule has 2 aliphatic rings. The first-order valence-corrected chi connectivity index (χ1v) is 12.2. The third kappa shape index (κ3) is 5.21. The maximum atomic E-state index is 13.7. The number of nitrogens with zero attached hydrogens (tertiary/aromatic N) is 4. The minimum Gasteiger partial charge on any atom is -0.493 e. The molecule has 0 bridgehead atoms. The van der Waals surface area contributed by atoms with Crippen molar-refractivity contribution in [2.24, 2.45) is 0 Å². The molecule has 0 radical (unpaired) electrons. The lowest BCUT2D eigenvalue weighted by Crippen LogP contribution is -2.51. The van der Waals surface area contributed by atoms with Gasteiger partial charge in [0.15, 0.2) is 17.2 Å². The summed E-state index contributed by atoms with van der Waals surface area (Å²) in [6.07, 6.45) is 4.03. The van der Waals surface area contributed by atoms with Crippen LogP contribution in [0.15, 0.2) is 54.7 Å². The number of benzene rings is 2. The number of hydrogen-bond donors (Lipinski definition) is 1. The van der Waals surface area contributed by atoms with Crippen LogP contribution in [0.2, 0.25) is 0 Å². The van der Waals surface area contributed by atoms with Gasteiger partial charge in [-0.25, -0.2) is 4.68 Å². The Bertz CT molecular complexity index is 1230. The third-order valence-electron chi connectivity index (χ3n) is 6.60. The Kier molecular flexibility index (Phi) is 6.90. The summed E-state index contributed by atoms with van der Waals surface area (Å²) in [6.45, 7) is 2.75. The van der Waals surface area contributed by atoms with Gasteiger partial charge < -0.3 is 19.7 Å². The monoisotopic (exact) mass is 489 g/mol. The van der Waals surface area contributed by atoms with E-state index in [1.165, 1.54) is 0 Å². The molecular weight excluding hydrogens is 458 g/mol. The first-order valence-electron chi connectivity index (χ1n) is 12.2. The van der Waals surface area contributed by atoms with Crippen molar-refractivity contribution in [2.45, 2.75) is 18.9 Å². The first-order chi connectivity index (χ1) is 17.6. The van der Waals surface area contributed by atoms with Gasteiger partial charge in [-0.2, -0.15) is 5.10 Å². The van der Waals surface area contributed by atoms with E-state index in [9.17, 15) is 9.59 Å². The van der Waals surface area contributed by atoms with Gasteiger partial charge in [0.05, 0.1) is 26.5 Å². The van der Waals surface area contributed by atoms with Gasteiger partial charge in [0.1, 0.15) is 0 Å². The minimum absolute atomic E-state index is 0.0645. The van der Waals surface area contributed by atoms with Crippen molar-refractivity contribution >= 4 is 11.8 Å². The highest BCUT2D eigenvalue weighted by Gasteiger charge is 2.29. The summed E-state index contributed by atoms with van der Waals surface area (Å²) in [5, 5.41) is 7.74. The first kappa shape index (κ1) is 23.9. The van der Waals surface area contributed by atoms with Gasteiger partial charge in [0.2, 0.25) is 5.91 Å². The molecule has 0 atom stereocenters. The van der Waals surface area contributed by atoms with Crippen LogP contribution >= 0.6 is 0 Å². The highest BCUT2D eigenvalue weighted by atomic mass is 16.5. The maximum Gasteiger partial charge on any atom is 0.275 e. The molecule has 3 aromatic rings. The highest BCUT2D eigenvalue weighted by molar-refractivity contribution is 5.99. The quantitative estimate of drug-likeness (QED) is 0.523. The zero-order valence-electron chi connectivity index (χ0n) is 20.6. The molecule has 0 spiro atoms. The van der Waals surface area contributed by atoms with E-state index in [4.69, 9.17) is 14.6 Å². The maximum absolute atomic E-state index is 13.7. The van der Waals surface area contributed by atoms with Crippen molar-refractivity contribution in [1.29, 1.82) is 0 Å². The number of carbonyl (C=O) groups is 2. The fourth-order valence-electron chi connectivity index (χ4n) is 4.42. The Morgan fingerprint density at radius 1 is 0.972 bits per heavy atom. The zero-order chi connectivity index (χ0) is 25.1. The van der Waals surface area contributed by atoms with Crippen LogP contribution in [0.3, 0.4) is 0 Å². The molecule has 2 fully saturated rings. The number of ether oxygens (including phenoxy) is 2. The van der Waals surface area contributed by atoms with E-state index < -0.39 is 0 Å². The van der Waals surface area contributed by atoms with Crippen LogP contribution < -0.4 is 14.8 Å². The Balaban J connectivity index is 1.38. The summed E-state index contributed by atoms with van der Waals surface area (Å²) in [7, 11) is 3.18. The molecule has 9 heteroatoms. The molecule has 0 unspecified atom stereocenters. The Hall–Kier alpha value is -3.85. The van der Waals surface area contributed by atoms with Crippen molar-refractivity contribution < 1.29 is 19.1 Å². The van der Waals surface area contributed by atoms with Gasteiger partial charge in [0.25, 0.3) is 5.91 Å². The number of para-hydroxylation sites is 1. The molecular formula is C27H31N5O4. The lowest BCUT2D eigenvalue weighted by atomic mass is 10.0. The summed E-state index contributed by atoms with van der Waals surface area (Å²) < 4.78 is 12.6. The van der Waals surface area contributed by atoms with Gasteiger partial charge in [-0.3, -0.25) is 14.5 Å². The number of amides is 2. The molecule has 1 N–H and O–H groups in total. The average molecular weight is 490 g/mol. The second-order valence-electron chi connectivity index (χ2n) is 9.15. The van der Waals surface area contributed by atoms with E-state index in [0.717, 1.165) is 29.7 Å². The largest absolute Gasteiger partial charge is 0.493 e. The molecule has 5 rings (SSSR count). The molecule has 2 heterocycles. The fraction of sp³-hybridized carbons (Fsp3) is 0.370. The van der Waals surface area contributed by atoms with Crippen LogP contribution in [0.25, 0.3) is 16.8 Å². The Labute approximate surface area is 210 Å². The predicted molar refractivity (Wildman–Crippen MR) is 136 cm³/mol. The van der Waals surface area contributed by atoms with Crippen molar-refractivity contribution in [3.8, 4) is 28.3 Å². The van der Waals surface area contributed by atoms with Crippen LogP contribution in [0, 0.1) is 0 Å². The van der Waals surface area contributed by atoms with Gasteiger partial charge in [-0.05, 0) is 42.7 Å². The lowest BCUT2D eigenvalue weighted by Gasteiger charge is -2.34. The SMILES string of the molecule is COc1ccc(-c2cn(-c3ccccc3)nc2C(=O)N2CCN(CC(=O)NC3CC3)CC2)cc1OC. The molecule has 1 aromatic heterocycles. The highest BCUT2D eigenvalue weighted by Crippen LogP contribution is 2.34. The van der Waals surface area contributed by atoms with E-state index in [0.29, 0.717) is 56.0 Å². The molecule has 36 heavy (non-hydrogen) atoms. The van der Waals surface area contributed by atoms with E-state index in [2.05, 4.69) is 10.2 Å². The van der Waals surface area contributed by atoms with Crippen LogP contribution in [0.1, 0.15) is 23.3 Å². The summed E-state index contributed by atoms with van der Waals surface area (Å²) in [5.41, 5.74) is 2.78. The summed E-state index contributed by atoms with van der Waals surface area (Å²) in [4.78, 5) is 29.8. The van der Waals surface area contributed by atoms with Gasteiger partial charge in [-0.1, -0.05) is 24.3 Å². The van der Waals surface area contributed by atoms with Crippen LogP contribution in [0.5, 0.6) is 11.5 Å². The molecule has 2 amide bonds. The molecule has 1 saturated carbocycles. The van der Waals surface area contributed by atoms with E-state index >= 15 is 0 Å². The van der Waals surface area contributed by atoms with Crippen LogP contribution in [-0.2, 0) is 4.79 Å². The van der Waals surface area contributed by atoms with Crippen molar-refractivity contribution in [3.05, 3.63) is 60.4 Å². The Morgan fingerprint density at radius 2 is 1.69 bits per heavy atom. The molecule has 2 aromatic carbocycles. The molecule has 1 saturated heterocycles. The fourth-order valence-corrected chi connectivity index (χ4v) is 4.42. The van der Waals surface area contributed by atoms with Crippen molar-refractivity contribution in [3.63, 3.8) is 0 Å². The smallest absolute Gasteiger partial charge is 0.275 e. The molecule has 188 valence electrons. The zero-order valence-corrected chi connectivity index (χ0v) is 20.6. The van der Waals surface area contributed by atoms with Crippen LogP contribution in [-0.4, -0.2) is 84.4 Å². The number of nitrogens with one attached hydrogen (secondary N) is 1. The average Bonchev–Trinajstić information content (AvgIpc) is 3.62. The van der Waals surface area contributed by atoms with Gasteiger partial charge in [-0.15, -0.1) is 0 Å². The van der Waals surface area contributed by atoms with Crippen LogP contribution in [0.4, 0.5) is 0 Å². The van der Waals surface area contributed by atoms with Crippen molar-refractivity contribution in [2.75, 3.05) is 46.9 Å². The summed E-state index contributed by atoms with van der Waals surface area (Å²) in [5.74, 6) is 1.14. The number of piperazine rings is 1. The second kappa shape index (κ2) is 10.4. The van der Waals surface area contributed by atoms with E-state index in [1.54, 1.807) is 18.9 Å². The minimum atomic E-state index is -0.128. The number of methoxy groups -OCH3 is 2. The summed E-state index contributed by atoms with van der Waals surface area (Å²) in [6, 6.07) is 15.7. The standard InChI is InChI=1S/C27H31N5O4/c1-35-23-11-8-19(16-24(23)36-2)22-17-32(21-6-4-3-5-7-21)29-26(22)27(34)31-14-12-30(13-15-31)18-25(33)28-20-9-10-20/h3-8,11,16-17,20H,9-10,12-15,18H2,1-2H3,(H,28,33). The molecule has 1 aliphatic heterocycles. The predicted octanol–water partition coefficient (Wildman–Crippen LogP) is 2.59. The number of aromatic nitrogens is 2. The van der Waals surface area contributed by atoms with Gasteiger partial charge >= 0.3 is 0 Å². The third-order valence-corrected chi connectivity index (χ3v) is 6.60. The Morgan fingerprint density at radius 3 is 2.36 bits per heavy atom.